The number of rotatable bonds is 5. The number of aliphatic hydroxyl groups excluding tert-OH is 2. The minimum absolute atomic E-state index is 0.0132. The van der Waals surface area contributed by atoms with Gasteiger partial charge in [0.05, 0.1) is 12.2 Å². The second kappa shape index (κ2) is 8.45. The fourth-order valence-electron chi connectivity index (χ4n) is 8.44. The van der Waals surface area contributed by atoms with Crippen LogP contribution in [0.3, 0.4) is 0 Å². The van der Waals surface area contributed by atoms with Crippen molar-refractivity contribution in [1.82, 2.24) is 0 Å². The number of hydrogen-bond acceptors (Lipinski definition) is 3. The van der Waals surface area contributed by atoms with Crippen molar-refractivity contribution in [3.8, 4) is 0 Å². The fraction of sp³-hybridized carbons (Fsp3) is 0.710. The summed E-state index contributed by atoms with van der Waals surface area (Å²) in [5.74, 6) is -0.715. The molecule has 0 spiro atoms. The second-order valence-corrected chi connectivity index (χ2v) is 13.5. The van der Waals surface area contributed by atoms with Gasteiger partial charge >= 0.3 is 5.97 Å². The van der Waals surface area contributed by atoms with Crippen molar-refractivity contribution in [2.75, 3.05) is 0 Å². The van der Waals surface area contributed by atoms with Crippen molar-refractivity contribution in [3.05, 3.63) is 47.1 Å². The molecule has 2 fully saturated rings. The molecule has 7 atom stereocenters. The summed E-state index contributed by atoms with van der Waals surface area (Å²) in [6.45, 7) is 19.5. The van der Waals surface area contributed by atoms with E-state index in [1.54, 1.807) is 0 Å². The molecular weight excluding hydrogens is 436 g/mol. The summed E-state index contributed by atoms with van der Waals surface area (Å²) < 4.78 is 0. The zero-order valence-electron chi connectivity index (χ0n) is 22.8. The quantitative estimate of drug-likeness (QED) is 0.310. The van der Waals surface area contributed by atoms with Gasteiger partial charge < -0.3 is 15.3 Å². The number of allylic oxidation sites excluding steroid dienone is 6. The summed E-state index contributed by atoms with van der Waals surface area (Å²) in [6, 6.07) is 0. The molecule has 4 heteroatoms. The van der Waals surface area contributed by atoms with Gasteiger partial charge in [0, 0.05) is 16.9 Å². The van der Waals surface area contributed by atoms with Crippen molar-refractivity contribution < 1.29 is 20.1 Å². The number of carboxylic acids is 1. The highest BCUT2D eigenvalue weighted by atomic mass is 16.4. The average Bonchev–Trinajstić information content (AvgIpc) is 2.97. The predicted octanol–water partition coefficient (Wildman–Crippen LogP) is 6.46. The van der Waals surface area contributed by atoms with Crippen molar-refractivity contribution in [2.24, 2.45) is 39.4 Å². The van der Waals surface area contributed by atoms with Gasteiger partial charge in [-0.2, -0.15) is 0 Å². The summed E-state index contributed by atoms with van der Waals surface area (Å²) in [6.07, 6.45) is 10.1. The molecule has 4 nitrogen and oxygen atoms in total. The van der Waals surface area contributed by atoms with Gasteiger partial charge in [-0.3, -0.25) is 0 Å². The first kappa shape index (κ1) is 26.4. The van der Waals surface area contributed by atoms with Crippen LogP contribution < -0.4 is 0 Å². The Bertz CT molecular complexity index is 1010. The van der Waals surface area contributed by atoms with Crippen LogP contribution in [0.5, 0.6) is 0 Å². The summed E-state index contributed by atoms with van der Waals surface area (Å²) in [5, 5.41) is 32.5. The summed E-state index contributed by atoms with van der Waals surface area (Å²) in [4.78, 5) is 12.5. The minimum atomic E-state index is -0.932. The molecular formula is C31H46O4. The lowest BCUT2D eigenvalue weighted by Crippen LogP contribution is -2.54. The van der Waals surface area contributed by atoms with Gasteiger partial charge in [0.1, 0.15) is 0 Å². The van der Waals surface area contributed by atoms with E-state index in [1.807, 2.05) is 6.08 Å². The van der Waals surface area contributed by atoms with Crippen molar-refractivity contribution in [3.63, 3.8) is 0 Å². The van der Waals surface area contributed by atoms with E-state index in [0.29, 0.717) is 24.3 Å². The van der Waals surface area contributed by atoms with Gasteiger partial charge in [-0.05, 0) is 77.8 Å². The number of aliphatic carboxylic acids is 1. The highest BCUT2D eigenvalue weighted by molar-refractivity contribution is 5.88. The second-order valence-electron chi connectivity index (χ2n) is 13.5. The van der Waals surface area contributed by atoms with Crippen molar-refractivity contribution >= 4 is 5.97 Å². The number of fused-ring (bicyclic) bond motifs is 5. The fourth-order valence-corrected chi connectivity index (χ4v) is 8.44. The molecule has 0 bridgehead atoms. The van der Waals surface area contributed by atoms with E-state index in [1.165, 1.54) is 11.1 Å². The van der Waals surface area contributed by atoms with Crippen molar-refractivity contribution in [1.29, 1.82) is 0 Å². The summed E-state index contributed by atoms with van der Waals surface area (Å²) in [5.41, 5.74) is 3.17. The Kier molecular flexibility index (Phi) is 6.38. The molecule has 0 amide bonds. The predicted molar refractivity (Wildman–Crippen MR) is 141 cm³/mol. The van der Waals surface area contributed by atoms with E-state index in [0.717, 1.165) is 31.3 Å². The number of aliphatic hydroxyl groups is 2. The number of carboxylic acid groups (broad SMARTS) is 1. The monoisotopic (exact) mass is 482 g/mol. The maximum atomic E-state index is 12.5. The van der Waals surface area contributed by atoms with Crippen LogP contribution in [0, 0.1) is 39.4 Å². The van der Waals surface area contributed by atoms with Gasteiger partial charge in [0.2, 0.25) is 0 Å². The van der Waals surface area contributed by atoms with Crippen LogP contribution in [0.2, 0.25) is 0 Å². The van der Waals surface area contributed by atoms with E-state index in [4.69, 9.17) is 0 Å². The lowest BCUT2D eigenvalue weighted by molar-refractivity contribution is -0.134. The third-order valence-electron chi connectivity index (χ3n) is 11.2. The van der Waals surface area contributed by atoms with Crippen LogP contribution in [0.4, 0.5) is 0 Å². The third-order valence-corrected chi connectivity index (χ3v) is 11.2. The third kappa shape index (κ3) is 3.65. The molecule has 3 N–H and O–H groups in total. The van der Waals surface area contributed by atoms with Crippen LogP contribution in [0.1, 0.15) is 87.0 Å². The van der Waals surface area contributed by atoms with Gasteiger partial charge in [-0.1, -0.05) is 78.8 Å². The molecule has 0 saturated heterocycles. The van der Waals surface area contributed by atoms with Crippen LogP contribution in [-0.2, 0) is 4.79 Å². The van der Waals surface area contributed by atoms with E-state index in [9.17, 15) is 20.1 Å². The molecule has 194 valence electrons. The van der Waals surface area contributed by atoms with Crippen LogP contribution >= 0.6 is 0 Å². The molecule has 0 heterocycles. The molecule has 35 heavy (non-hydrogen) atoms. The zero-order chi connectivity index (χ0) is 26.1. The SMILES string of the molecule is C=C(C/C=C(/C(=O)O)[C@H]1[C@H](O)C[C@@]2(C)C3=CCC4C(C)(C)[C@H](O)CC[C@]4(C)C3=CC[C@]12C)C(C)C. The van der Waals surface area contributed by atoms with Crippen LogP contribution in [0.25, 0.3) is 0 Å². The Hall–Kier alpha value is -1.65. The molecule has 0 aromatic heterocycles. The zero-order valence-corrected chi connectivity index (χ0v) is 22.8. The molecule has 1 unspecified atom stereocenters. The highest BCUT2D eigenvalue weighted by Crippen LogP contribution is 2.71. The van der Waals surface area contributed by atoms with Crippen molar-refractivity contribution in [2.45, 2.75) is 99.2 Å². The van der Waals surface area contributed by atoms with E-state index < -0.39 is 23.4 Å². The molecule has 0 aromatic rings. The van der Waals surface area contributed by atoms with Gasteiger partial charge in [0.15, 0.2) is 0 Å². The maximum absolute atomic E-state index is 12.5. The molecule has 2 saturated carbocycles. The number of hydrogen-bond donors (Lipinski definition) is 3. The summed E-state index contributed by atoms with van der Waals surface area (Å²) in [7, 11) is 0. The summed E-state index contributed by atoms with van der Waals surface area (Å²) >= 11 is 0. The molecule has 0 radical (unpaired) electrons. The van der Waals surface area contributed by atoms with Crippen LogP contribution in [-0.4, -0.2) is 33.5 Å². The lowest BCUT2D eigenvalue weighted by Gasteiger charge is -2.60. The average molecular weight is 483 g/mol. The molecule has 4 aliphatic carbocycles. The molecule has 4 aliphatic rings. The highest BCUT2D eigenvalue weighted by Gasteiger charge is 2.65. The van der Waals surface area contributed by atoms with Gasteiger partial charge in [-0.15, -0.1) is 0 Å². The molecule has 4 rings (SSSR count). The van der Waals surface area contributed by atoms with E-state index in [-0.39, 0.29) is 28.3 Å². The Labute approximate surface area is 211 Å². The minimum Gasteiger partial charge on any atom is -0.478 e. The first-order valence-electron chi connectivity index (χ1n) is 13.5. The van der Waals surface area contributed by atoms with E-state index in [2.05, 4.69) is 67.2 Å². The first-order valence-corrected chi connectivity index (χ1v) is 13.5. The number of carbonyl (C=O) groups is 1. The topological polar surface area (TPSA) is 77.8 Å². The standard InChI is InChI=1S/C31H46O4/c1-18(2)19(3)9-10-20(27(34)35)26-23(32)17-31(8)22-11-12-24-28(4,5)25(33)14-15-29(24,6)21(22)13-16-30(26,31)7/h10-11,13,18,23-26,32-33H,3,9,12,14-17H2,1-2,4-8H3,(H,34,35)/b20-10+/t23-,24?,25-,26+,29-,30-,31+/m1/s1. The molecule has 0 aliphatic heterocycles. The normalized spacial score (nSPS) is 42.5. The maximum Gasteiger partial charge on any atom is 0.331 e. The largest absolute Gasteiger partial charge is 0.478 e. The first-order chi connectivity index (χ1) is 16.1. The lowest BCUT2D eigenvalue weighted by atomic mass is 9.44. The Morgan fingerprint density at radius 3 is 2.40 bits per heavy atom. The van der Waals surface area contributed by atoms with Crippen LogP contribution in [0.15, 0.2) is 47.1 Å². The molecule has 0 aromatic carbocycles. The Morgan fingerprint density at radius 1 is 1.14 bits per heavy atom. The smallest absolute Gasteiger partial charge is 0.331 e. The van der Waals surface area contributed by atoms with E-state index >= 15 is 0 Å². The Morgan fingerprint density at radius 2 is 1.80 bits per heavy atom. The van der Waals surface area contributed by atoms with Gasteiger partial charge in [-0.25, -0.2) is 4.79 Å². The van der Waals surface area contributed by atoms with Gasteiger partial charge in [0.25, 0.3) is 0 Å². The Balaban J connectivity index is 1.77.